The van der Waals surface area contributed by atoms with E-state index in [9.17, 15) is 4.79 Å². The molecule has 1 aliphatic carbocycles. The zero-order chi connectivity index (χ0) is 19.7. The number of nitrogens with one attached hydrogen (secondary N) is 1. The number of ketones is 1. The van der Waals surface area contributed by atoms with Crippen molar-refractivity contribution in [3.8, 4) is 5.75 Å². The first-order valence-electron chi connectivity index (χ1n) is 9.30. The normalized spacial score (nSPS) is 19.4. The van der Waals surface area contributed by atoms with Crippen LogP contribution in [0.25, 0.3) is 0 Å². The minimum absolute atomic E-state index is 0.197. The number of Topliss-reactive ketones (excluding diaryl/α,β-unsaturated/α-hetero) is 1. The molecule has 0 amide bonds. The Bertz CT molecular complexity index is 938. The molecule has 0 aromatic heterocycles. The van der Waals surface area contributed by atoms with Crippen LogP contribution >= 0.6 is 23.8 Å². The van der Waals surface area contributed by atoms with Crippen LogP contribution in [-0.2, 0) is 11.4 Å². The van der Waals surface area contributed by atoms with Gasteiger partial charge in [0, 0.05) is 29.8 Å². The van der Waals surface area contributed by atoms with Gasteiger partial charge in [0.05, 0.1) is 6.04 Å². The molecule has 4 nitrogen and oxygen atoms in total. The Morgan fingerprint density at radius 3 is 2.57 bits per heavy atom. The number of ether oxygens (including phenoxy) is 1. The third-order valence-corrected chi connectivity index (χ3v) is 5.87. The summed E-state index contributed by atoms with van der Waals surface area (Å²) in [7, 11) is 1.92. The van der Waals surface area contributed by atoms with E-state index in [2.05, 4.69) is 5.32 Å². The van der Waals surface area contributed by atoms with Crippen molar-refractivity contribution < 1.29 is 9.53 Å². The standard InChI is InChI=1S/C22H21ClN2O2S/c1-25-18-3-2-4-19(26)20(18)21(24-22(25)28)15-7-11-17(12-8-15)27-13-14-5-9-16(23)10-6-14/h5-12,21H,2-4,13H2,1H3,(H,24,28). The van der Waals surface area contributed by atoms with Gasteiger partial charge in [0.15, 0.2) is 10.9 Å². The maximum absolute atomic E-state index is 12.6. The van der Waals surface area contributed by atoms with Gasteiger partial charge in [-0.05, 0) is 60.5 Å². The number of allylic oxidation sites excluding steroid dienone is 1. The van der Waals surface area contributed by atoms with Crippen LogP contribution in [0.3, 0.4) is 0 Å². The minimum atomic E-state index is -0.197. The second kappa shape index (κ2) is 7.94. The van der Waals surface area contributed by atoms with E-state index in [4.69, 9.17) is 28.6 Å². The highest BCUT2D eigenvalue weighted by atomic mass is 35.5. The molecular formula is C22H21ClN2O2S. The molecule has 1 heterocycles. The van der Waals surface area contributed by atoms with Gasteiger partial charge < -0.3 is 15.0 Å². The van der Waals surface area contributed by atoms with Crippen molar-refractivity contribution >= 4 is 34.7 Å². The number of carbonyl (C=O) groups is 1. The van der Waals surface area contributed by atoms with E-state index >= 15 is 0 Å². The summed E-state index contributed by atoms with van der Waals surface area (Å²) in [4.78, 5) is 14.5. The van der Waals surface area contributed by atoms with E-state index < -0.39 is 0 Å². The molecule has 0 saturated carbocycles. The predicted octanol–water partition coefficient (Wildman–Crippen LogP) is 4.79. The van der Waals surface area contributed by atoms with Crippen LogP contribution in [-0.4, -0.2) is 22.8 Å². The topological polar surface area (TPSA) is 41.6 Å². The second-order valence-electron chi connectivity index (χ2n) is 7.06. The van der Waals surface area contributed by atoms with Crippen molar-refractivity contribution in [2.75, 3.05) is 7.05 Å². The van der Waals surface area contributed by atoms with Crippen LogP contribution in [0.5, 0.6) is 5.75 Å². The van der Waals surface area contributed by atoms with Crippen molar-refractivity contribution in [2.24, 2.45) is 0 Å². The highest BCUT2D eigenvalue weighted by molar-refractivity contribution is 7.80. The van der Waals surface area contributed by atoms with E-state index in [1.807, 2.05) is 60.5 Å². The summed E-state index contributed by atoms with van der Waals surface area (Å²) in [5.41, 5.74) is 3.96. The maximum atomic E-state index is 12.6. The largest absolute Gasteiger partial charge is 0.489 e. The Hall–Kier alpha value is -2.37. The second-order valence-corrected chi connectivity index (χ2v) is 7.89. The summed E-state index contributed by atoms with van der Waals surface area (Å²) in [5, 5.41) is 4.68. The third kappa shape index (κ3) is 3.77. The van der Waals surface area contributed by atoms with Gasteiger partial charge >= 0.3 is 0 Å². The van der Waals surface area contributed by atoms with Gasteiger partial charge in [0.1, 0.15) is 12.4 Å². The monoisotopic (exact) mass is 412 g/mol. The van der Waals surface area contributed by atoms with Crippen LogP contribution in [0.15, 0.2) is 59.8 Å². The number of carbonyl (C=O) groups excluding carboxylic acids is 1. The number of hydrogen-bond donors (Lipinski definition) is 1. The first-order valence-corrected chi connectivity index (χ1v) is 10.1. The van der Waals surface area contributed by atoms with Gasteiger partial charge in [-0.25, -0.2) is 0 Å². The van der Waals surface area contributed by atoms with E-state index in [0.717, 1.165) is 41.0 Å². The Morgan fingerprint density at radius 2 is 1.86 bits per heavy atom. The summed E-state index contributed by atoms with van der Waals surface area (Å²) < 4.78 is 5.86. The molecule has 144 valence electrons. The average Bonchev–Trinajstić information content (AvgIpc) is 2.71. The Morgan fingerprint density at radius 1 is 1.14 bits per heavy atom. The minimum Gasteiger partial charge on any atom is -0.489 e. The molecule has 4 rings (SSSR count). The Balaban J connectivity index is 1.53. The molecule has 1 atom stereocenters. The third-order valence-electron chi connectivity index (χ3n) is 5.23. The van der Waals surface area contributed by atoms with E-state index in [1.165, 1.54) is 0 Å². The molecular weight excluding hydrogens is 392 g/mol. The van der Waals surface area contributed by atoms with Gasteiger partial charge in [-0.15, -0.1) is 0 Å². The smallest absolute Gasteiger partial charge is 0.173 e. The van der Waals surface area contributed by atoms with Crippen molar-refractivity contribution in [1.82, 2.24) is 10.2 Å². The molecule has 6 heteroatoms. The van der Waals surface area contributed by atoms with Gasteiger partial charge in [-0.3, -0.25) is 4.79 Å². The Labute approximate surface area is 175 Å². The SMILES string of the molecule is CN1C(=S)NC(c2ccc(OCc3ccc(Cl)cc3)cc2)C2=C1CCCC2=O. The van der Waals surface area contributed by atoms with Crippen LogP contribution < -0.4 is 10.1 Å². The lowest BCUT2D eigenvalue weighted by Crippen LogP contribution is -2.47. The van der Waals surface area contributed by atoms with Gasteiger partial charge in [-0.2, -0.15) is 0 Å². The zero-order valence-electron chi connectivity index (χ0n) is 15.6. The molecule has 2 aliphatic rings. The maximum Gasteiger partial charge on any atom is 0.173 e. The molecule has 0 radical (unpaired) electrons. The number of benzene rings is 2. The lowest BCUT2D eigenvalue weighted by Gasteiger charge is -2.39. The van der Waals surface area contributed by atoms with E-state index in [-0.39, 0.29) is 11.8 Å². The van der Waals surface area contributed by atoms with Crippen molar-refractivity contribution in [1.29, 1.82) is 0 Å². The Kier molecular flexibility index (Phi) is 5.38. The summed E-state index contributed by atoms with van der Waals surface area (Å²) in [6, 6.07) is 15.3. The number of halogens is 1. The number of nitrogens with zero attached hydrogens (tertiary/aromatic N) is 1. The summed E-state index contributed by atoms with van der Waals surface area (Å²) in [6.07, 6.45) is 2.37. The quantitative estimate of drug-likeness (QED) is 0.731. The van der Waals surface area contributed by atoms with Crippen LogP contribution in [0.4, 0.5) is 0 Å². The van der Waals surface area contributed by atoms with Gasteiger partial charge in [-0.1, -0.05) is 35.9 Å². The average molecular weight is 413 g/mol. The number of thiocarbonyl (C=S) groups is 1. The molecule has 0 fully saturated rings. The van der Waals surface area contributed by atoms with E-state index in [0.29, 0.717) is 23.2 Å². The fourth-order valence-corrected chi connectivity index (χ4v) is 4.05. The molecule has 2 aromatic carbocycles. The van der Waals surface area contributed by atoms with Crippen molar-refractivity contribution in [3.05, 3.63) is 76.0 Å². The van der Waals surface area contributed by atoms with Gasteiger partial charge in [0.2, 0.25) is 0 Å². The number of hydrogen-bond acceptors (Lipinski definition) is 3. The van der Waals surface area contributed by atoms with Crippen molar-refractivity contribution in [3.63, 3.8) is 0 Å². The summed E-state index contributed by atoms with van der Waals surface area (Å²) in [5.74, 6) is 0.981. The lowest BCUT2D eigenvalue weighted by molar-refractivity contribution is -0.116. The van der Waals surface area contributed by atoms with Crippen molar-refractivity contribution in [2.45, 2.75) is 31.9 Å². The fraction of sp³-hybridized carbons (Fsp3) is 0.273. The molecule has 0 bridgehead atoms. The number of rotatable bonds is 4. The summed E-state index contributed by atoms with van der Waals surface area (Å²) in [6.45, 7) is 0.473. The van der Waals surface area contributed by atoms with E-state index in [1.54, 1.807) is 0 Å². The predicted molar refractivity (Wildman–Crippen MR) is 114 cm³/mol. The molecule has 1 N–H and O–H groups in total. The highest BCUT2D eigenvalue weighted by Gasteiger charge is 2.35. The molecule has 28 heavy (non-hydrogen) atoms. The highest BCUT2D eigenvalue weighted by Crippen LogP contribution is 2.37. The molecule has 2 aromatic rings. The summed E-state index contributed by atoms with van der Waals surface area (Å²) >= 11 is 11.4. The molecule has 0 saturated heterocycles. The molecule has 1 aliphatic heterocycles. The molecule has 0 spiro atoms. The first kappa shape index (κ1) is 19.0. The van der Waals surface area contributed by atoms with Crippen LogP contribution in [0.1, 0.15) is 36.4 Å². The van der Waals surface area contributed by atoms with Gasteiger partial charge in [0.25, 0.3) is 0 Å². The zero-order valence-corrected chi connectivity index (χ0v) is 17.1. The fourth-order valence-electron chi connectivity index (χ4n) is 3.69. The lowest BCUT2D eigenvalue weighted by atomic mass is 9.85. The van der Waals surface area contributed by atoms with Crippen LogP contribution in [0, 0.1) is 0 Å². The van der Waals surface area contributed by atoms with Crippen LogP contribution in [0.2, 0.25) is 5.02 Å². The molecule has 1 unspecified atom stereocenters. The first-order chi connectivity index (χ1) is 13.5.